The minimum absolute atomic E-state index is 0.407. The molecule has 29 heavy (non-hydrogen) atoms. The van der Waals surface area contributed by atoms with Crippen LogP contribution in [-0.4, -0.2) is 10.7 Å². The molecule has 0 aromatic rings. The number of rotatable bonds is 1. The van der Waals surface area contributed by atoms with Crippen molar-refractivity contribution < 1.29 is 5.11 Å². The Bertz CT molecular complexity index is 747. The molecule has 0 amide bonds. The van der Waals surface area contributed by atoms with E-state index in [4.69, 9.17) is 0 Å². The molecule has 0 heterocycles. The van der Waals surface area contributed by atoms with Crippen LogP contribution < -0.4 is 0 Å². The molecule has 8 atom stereocenters. The molecule has 0 aromatic heterocycles. The highest BCUT2D eigenvalue weighted by molar-refractivity contribution is 5.34. The van der Waals surface area contributed by atoms with Gasteiger partial charge in [0.25, 0.3) is 0 Å². The fourth-order valence-electron chi connectivity index (χ4n) is 10.8. The molecule has 6 fully saturated rings. The molecular formula is C28H44O. The highest BCUT2D eigenvalue weighted by Gasteiger charge is 2.69. The standard InChI is InChI=1S/C28H44O/c1-18-8-9-19-17-28(18,25(19,2)3)20-15-24-22-11-14-27(29)12-6-5-7-23(27)21(22)10-13-26(24,4)16-20/h18-20,22,24,29H,5-17H2,1-4H3/t18?,19?,20?,22-,24+,26-,27+,28?/m1/s1. The van der Waals surface area contributed by atoms with E-state index in [2.05, 4.69) is 27.7 Å². The summed E-state index contributed by atoms with van der Waals surface area (Å²) in [6.45, 7) is 10.6. The molecule has 0 aromatic carbocycles. The highest BCUT2D eigenvalue weighted by Crippen LogP contribution is 2.77. The zero-order chi connectivity index (χ0) is 20.2. The molecule has 0 spiro atoms. The molecule has 4 unspecified atom stereocenters. The Balaban J connectivity index is 1.34. The Morgan fingerprint density at radius 1 is 0.862 bits per heavy atom. The first-order valence-corrected chi connectivity index (χ1v) is 13.2. The van der Waals surface area contributed by atoms with Gasteiger partial charge in [-0.05, 0) is 135 Å². The van der Waals surface area contributed by atoms with Crippen molar-refractivity contribution in [3.63, 3.8) is 0 Å². The lowest BCUT2D eigenvalue weighted by Gasteiger charge is -2.71. The van der Waals surface area contributed by atoms with E-state index in [-0.39, 0.29) is 0 Å². The van der Waals surface area contributed by atoms with Crippen molar-refractivity contribution in [1.82, 2.24) is 0 Å². The van der Waals surface area contributed by atoms with Crippen molar-refractivity contribution >= 4 is 0 Å². The Kier molecular flexibility index (Phi) is 3.97. The van der Waals surface area contributed by atoms with Gasteiger partial charge in [0.1, 0.15) is 0 Å². The Morgan fingerprint density at radius 2 is 1.69 bits per heavy atom. The van der Waals surface area contributed by atoms with E-state index in [1.54, 1.807) is 11.1 Å². The van der Waals surface area contributed by atoms with E-state index in [1.807, 2.05) is 0 Å². The second-order valence-corrected chi connectivity index (χ2v) is 13.4. The van der Waals surface area contributed by atoms with Crippen LogP contribution in [0.4, 0.5) is 0 Å². The minimum atomic E-state index is -0.407. The van der Waals surface area contributed by atoms with Gasteiger partial charge in [0.05, 0.1) is 5.60 Å². The van der Waals surface area contributed by atoms with E-state index in [0.717, 1.165) is 42.4 Å². The summed E-state index contributed by atoms with van der Waals surface area (Å²) in [5.74, 6) is 4.58. The minimum Gasteiger partial charge on any atom is -0.386 e. The molecule has 0 saturated heterocycles. The third-order valence-corrected chi connectivity index (χ3v) is 12.5. The van der Waals surface area contributed by atoms with Crippen molar-refractivity contribution in [1.29, 1.82) is 0 Å². The second kappa shape index (κ2) is 5.93. The molecule has 2 bridgehead atoms. The molecule has 6 saturated carbocycles. The number of hydrogen-bond acceptors (Lipinski definition) is 1. The van der Waals surface area contributed by atoms with Crippen molar-refractivity contribution in [2.24, 2.45) is 45.8 Å². The third-order valence-electron chi connectivity index (χ3n) is 12.5. The summed E-state index contributed by atoms with van der Waals surface area (Å²) in [5.41, 5.74) is 4.66. The highest BCUT2D eigenvalue weighted by atomic mass is 16.3. The summed E-state index contributed by atoms with van der Waals surface area (Å²) < 4.78 is 0. The predicted molar refractivity (Wildman–Crippen MR) is 119 cm³/mol. The normalized spacial score (nSPS) is 55.6. The van der Waals surface area contributed by atoms with Gasteiger partial charge in [-0.15, -0.1) is 0 Å². The predicted octanol–water partition coefficient (Wildman–Crippen LogP) is 7.29. The Hall–Kier alpha value is -0.300. The summed E-state index contributed by atoms with van der Waals surface area (Å²) in [6.07, 6.45) is 17.3. The maximum atomic E-state index is 11.4. The lowest BCUT2D eigenvalue weighted by atomic mass is 9.33. The average molecular weight is 397 g/mol. The smallest absolute Gasteiger partial charge is 0.0859 e. The molecule has 0 radical (unpaired) electrons. The zero-order valence-corrected chi connectivity index (χ0v) is 19.5. The summed E-state index contributed by atoms with van der Waals surface area (Å²) in [4.78, 5) is 0. The second-order valence-electron chi connectivity index (χ2n) is 13.4. The van der Waals surface area contributed by atoms with Crippen molar-refractivity contribution in [3.8, 4) is 0 Å². The molecule has 1 N–H and O–H groups in total. The molecule has 7 rings (SSSR count). The van der Waals surface area contributed by atoms with Crippen LogP contribution in [0.5, 0.6) is 0 Å². The maximum absolute atomic E-state index is 11.4. The molecule has 7 aliphatic rings. The van der Waals surface area contributed by atoms with Crippen LogP contribution in [0.3, 0.4) is 0 Å². The van der Waals surface area contributed by atoms with Crippen LogP contribution in [0.25, 0.3) is 0 Å². The topological polar surface area (TPSA) is 20.2 Å². The Morgan fingerprint density at radius 3 is 2.45 bits per heavy atom. The van der Waals surface area contributed by atoms with Gasteiger partial charge in [0, 0.05) is 0 Å². The first-order chi connectivity index (χ1) is 13.7. The Labute approximate surface area is 179 Å². The van der Waals surface area contributed by atoms with Crippen LogP contribution in [-0.2, 0) is 0 Å². The van der Waals surface area contributed by atoms with Crippen LogP contribution in [0, 0.1) is 45.8 Å². The van der Waals surface area contributed by atoms with Gasteiger partial charge < -0.3 is 5.11 Å². The largest absolute Gasteiger partial charge is 0.386 e. The fraction of sp³-hybridized carbons (Fsp3) is 0.929. The molecule has 1 heteroatoms. The van der Waals surface area contributed by atoms with Gasteiger partial charge in [-0.25, -0.2) is 0 Å². The van der Waals surface area contributed by atoms with Crippen molar-refractivity contribution in [2.75, 3.05) is 0 Å². The molecule has 1 nitrogen and oxygen atoms in total. The number of fused-ring (bicyclic) bond motifs is 6. The summed E-state index contributed by atoms with van der Waals surface area (Å²) in [6, 6.07) is 0. The summed E-state index contributed by atoms with van der Waals surface area (Å²) in [7, 11) is 0. The van der Waals surface area contributed by atoms with E-state index >= 15 is 0 Å². The number of hydrogen-bond donors (Lipinski definition) is 1. The number of aliphatic hydroxyl groups is 1. The summed E-state index contributed by atoms with van der Waals surface area (Å²) >= 11 is 0. The van der Waals surface area contributed by atoms with Gasteiger partial charge in [-0.3, -0.25) is 0 Å². The first-order valence-electron chi connectivity index (χ1n) is 13.2. The lowest BCUT2D eigenvalue weighted by Crippen LogP contribution is -2.64. The monoisotopic (exact) mass is 396 g/mol. The van der Waals surface area contributed by atoms with Gasteiger partial charge in [-0.2, -0.15) is 0 Å². The van der Waals surface area contributed by atoms with E-state index < -0.39 is 5.60 Å². The van der Waals surface area contributed by atoms with Gasteiger partial charge in [-0.1, -0.05) is 33.3 Å². The van der Waals surface area contributed by atoms with Crippen molar-refractivity contribution in [3.05, 3.63) is 11.1 Å². The zero-order valence-electron chi connectivity index (χ0n) is 19.5. The van der Waals surface area contributed by atoms with Crippen molar-refractivity contribution in [2.45, 2.75) is 117 Å². The third kappa shape index (κ3) is 2.27. The van der Waals surface area contributed by atoms with E-state index in [1.165, 1.54) is 70.6 Å². The first kappa shape index (κ1) is 19.4. The van der Waals surface area contributed by atoms with Crippen LogP contribution in [0.2, 0.25) is 0 Å². The lowest BCUT2D eigenvalue weighted by molar-refractivity contribution is -0.227. The maximum Gasteiger partial charge on any atom is 0.0859 e. The molecular weight excluding hydrogens is 352 g/mol. The molecule has 7 aliphatic carbocycles. The summed E-state index contributed by atoms with van der Waals surface area (Å²) in [5, 5.41) is 11.4. The average Bonchev–Trinajstić information content (AvgIpc) is 3.04. The number of allylic oxidation sites excluding steroid dienone is 1. The van der Waals surface area contributed by atoms with E-state index in [0.29, 0.717) is 16.2 Å². The van der Waals surface area contributed by atoms with Crippen LogP contribution in [0.1, 0.15) is 111 Å². The van der Waals surface area contributed by atoms with Gasteiger partial charge in [0.2, 0.25) is 0 Å². The van der Waals surface area contributed by atoms with E-state index in [9.17, 15) is 5.11 Å². The molecule has 0 aliphatic heterocycles. The van der Waals surface area contributed by atoms with Crippen LogP contribution in [0.15, 0.2) is 11.1 Å². The van der Waals surface area contributed by atoms with Gasteiger partial charge in [0.15, 0.2) is 0 Å². The van der Waals surface area contributed by atoms with Crippen LogP contribution >= 0.6 is 0 Å². The molecule has 162 valence electrons. The quantitative estimate of drug-likeness (QED) is 0.461. The fourth-order valence-corrected chi connectivity index (χ4v) is 10.8. The van der Waals surface area contributed by atoms with Gasteiger partial charge >= 0.3 is 0 Å². The SMILES string of the molecule is CC1CCC2CC1(C1C[C@H]3[C@@H]4CC[C@@]5(O)CCCCC5=C4CC[C@]3(C)C1)C2(C)C.